The van der Waals surface area contributed by atoms with Crippen LogP contribution in [0.15, 0.2) is 34.9 Å². The first-order valence-corrected chi connectivity index (χ1v) is 7.36. The average molecular weight is 300 g/mol. The number of nitrogens with zero attached hydrogens (tertiary/aromatic N) is 2. The molecule has 1 saturated carbocycles. The second kappa shape index (κ2) is 4.84. The molecule has 6 heteroatoms. The van der Waals surface area contributed by atoms with Gasteiger partial charge in [-0.15, -0.1) is 0 Å². The normalized spacial score (nSPS) is 26.6. The Morgan fingerprint density at radius 3 is 2.68 bits per heavy atom. The minimum Gasteiger partial charge on any atom is -0.477 e. The summed E-state index contributed by atoms with van der Waals surface area (Å²) in [6.07, 6.45) is 0.510. The van der Waals surface area contributed by atoms with Crippen LogP contribution in [0.3, 0.4) is 0 Å². The fourth-order valence-electron chi connectivity index (χ4n) is 3.52. The number of carboxylic acid groups (broad SMARTS) is 1. The molecule has 0 unspecified atom stereocenters. The number of anilines is 1. The van der Waals surface area contributed by atoms with Gasteiger partial charge in [-0.25, -0.2) is 4.79 Å². The van der Waals surface area contributed by atoms with Crippen LogP contribution in [-0.4, -0.2) is 40.5 Å². The van der Waals surface area contributed by atoms with Gasteiger partial charge >= 0.3 is 5.97 Å². The number of rotatable bonds is 3. The summed E-state index contributed by atoms with van der Waals surface area (Å²) in [6.45, 7) is 1.36. The van der Waals surface area contributed by atoms with E-state index in [-0.39, 0.29) is 23.3 Å². The second-order valence-electron chi connectivity index (χ2n) is 6.01. The van der Waals surface area contributed by atoms with Crippen molar-refractivity contribution in [1.82, 2.24) is 5.16 Å². The van der Waals surface area contributed by atoms with Crippen LogP contribution < -0.4 is 4.90 Å². The molecule has 2 aromatic rings. The third-order valence-corrected chi connectivity index (χ3v) is 4.75. The quantitative estimate of drug-likeness (QED) is 0.899. The topological polar surface area (TPSA) is 86.8 Å². The molecule has 1 aromatic carbocycles. The van der Waals surface area contributed by atoms with Crippen molar-refractivity contribution in [3.63, 3.8) is 0 Å². The maximum Gasteiger partial charge on any atom is 0.343 e. The molecular formula is C16H16N2O4. The largest absolute Gasteiger partial charge is 0.477 e. The molecule has 1 aliphatic heterocycles. The number of hydrogen-bond donors (Lipinski definition) is 2. The predicted octanol–water partition coefficient (Wildman–Crippen LogP) is 1.86. The number of benzene rings is 1. The minimum atomic E-state index is -1.05. The zero-order chi connectivity index (χ0) is 15.3. The smallest absolute Gasteiger partial charge is 0.343 e. The molecule has 1 aromatic heterocycles. The van der Waals surface area contributed by atoms with Crippen molar-refractivity contribution < 1.29 is 19.5 Å². The lowest BCUT2D eigenvalue weighted by atomic mass is 9.74. The number of aliphatic hydroxyl groups excluding tert-OH is 1. The van der Waals surface area contributed by atoms with Gasteiger partial charge in [-0.2, -0.15) is 0 Å². The van der Waals surface area contributed by atoms with Gasteiger partial charge in [0.05, 0.1) is 6.10 Å². The number of aromatic carboxylic acids is 1. The Bertz CT molecular complexity index is 712. The highest BCUT2D eigenvalue weighted by atomic mass is 16.5. The zero-order valence-corrected chi connectivity index (χ0v) is 11.8. The Morgan fingerprint density at radius 2 is 2.05 bits per heavy atom. The highest BCUT2D eigenvalue weighted by molar-refractivity contribution is 5.99. The second-order valence-corrected chi connectivity index (χ2v) is 6.01. The van der Waals surface area contributed by atoms with E-state index in [4.69, 9.17) is 4.52 Å². The Kier molecular flexibility index (Phi) is 2.94. The van der Waals surface area contributed by atoms with E-state index in [0.29, 0.717) is 23.8 Å². The lowest BCUT2D eigenvalue weighted by Crippen LogP contribution is -2.39. The molecule has 1 saturated heterocycles. The van der Waals surface area contributed by atoms with Gasteiger partial charge in [0.15, 0.2) is 17.1 Å². The van der Waals surface area contributed by atoms with Crippen LogP contribution in [-0.2, 0) is 0 Å². The summed E-state index contributed by atoms with van der Waals surface area (Å²) in [5.74, 6) is 0.248. The highest BCUT2D eigenvalue weighted by Gasteiger charge is 2.47. The molecule has 4 rings (SSSR count). The van der Waals surface area contributed by atoms with Crippen LogP contribution in [0.25, 0.3) is 11.3 Å². The summed E-state index contributed by atoms with van der Waals surface area (Å²) in [7, 11) is 0. The van der Waals surface area contributed by atoms with E-state index < -0.39 is 5.97 Å². The molecule has 6 nitrogen and oxygen atoms in total. The van der Waals surface area contributed by atoms with E-state index in [9.17, 15) is 15.0 Å². The fourth-order valence-corrected chi connectivity index (χ4v) is 3.52. The van der Waals surface area contributed by atoms with Crippen molar-refractivity contribution in [1.29, 1.82) is 0 Å². The first-order valence-electron chi connectivity index (χ1n) is 7.36. The summed E-state index contributed by atoms with van der Waals surface area (Å²) in [4.78, 5) is 13.6. The van der Waals surface area contributed by atoms with Crippen molar-refractivity contribution >= 4 is 11.8 Å². The fraction of sp³-hybridized carbons (Fsp3) is 0.375. The van der Waals surface area contributed by atoms with E-state index in [0.717, 1.165) is 13.0 Å². The SMILES string of the molecule is O=C(O)c1c(N2C[C@@H]3C[C@@H](O)[C@@H]3C2)noc1-c1ccccc1. The summed E-state index contributed by atoms with van der Waals surface area (Å²) in [5, 5.41) is 23.3. The lowest BCUT2D eigenvalue weighted by molar-refractivity contribution is -0.00399. The molecule has 3 atom stereocenters. The third-order valence-electron chi connectivity index (χ3n) is 4.75. The molecule has 1 aliphatic carbocycles. The molecule has 0 spiro atoms. The Balaban J connectivity index is 1.72. The van der Waals surface area contributed by atoms with Gasteiger partial charge in [0.1, 0.15) is 0 Å². The molecule has 114 valence electrons. The molecule has 2 fully saturated rings. The zero-order valence-electron chi connectivity index (χ0n) is 11.8. The van der Waals surface area contributed by atoms with Crippen LogP contribution in [0.2, 0.25) is 0 Å². The Hall–Kier alpha value is -2.34. The summed E-state index contributed by atoms with van der Waals surface area (Å²) in [5.41, 5.74) is 0.794. The Morgan fingerprint density at radius 1 is 1.27 bits per heavy atom. The summed E-state index contributed by atoms with van der Waals surface area (Å²) < 4.78 is 5.34. The van der Waals surface area contributed by atoms with Crippen molar-refractivity contribution in [2.75, 3.05) is 18.0 Å². The van der Waals surface area contributed by atoms with Crippen LogP contribution in [0.5, 0.6) is 0 Å². The monoisotopic (exact) mass is 300 g/mol. The number of carboxylic acids is 1. The van der Waals surface area contributed by atoms with Crippen LogP contribution in [0.1, 0.15) is 16.8 Å². The molecule has 0 amide bonds. The van der Waals surface area contributed by atoms with Crippen molar-refractivity contribution in [3.8, 4) is 11.3 Å². The van der Waals surface area contributed by atoms with Gasteiger partial charge in [0.25, 0.3) is 0 Å². The van der Waals surface area contributed by atoms with E-state index >= 15 is 0 Å². The standard InChI is InChI=1S/C16H16N2O4/c19-12-6-10-7-18(8-11(10)12)15-13(16(20)21)14(22-17-15)9-4-2-1-3-5-9/h1-5,10-12,19H,6-8H2,(H,20,21)/t10-,11+,12+/m0/s1. The first kappa shape index (κ1) is 13.3. The molecule has 2 N–H and O–H groups in total. The van der Waals surface area contributed by atoms with Crippen LogP contribution >= 0.6 is 0 Å². The van der Waals surface area contributed by atoms with E-state index in [1.807, 2.05) is 23.1 Å². The van der Waals surface area contributed by atoms with E-state index in [1.54, 1.807) is 12.1 Å². The molecule has 0 bridgehead atoms. The predicted molar refractivity (Wildman–Crippen MR) is 78.7 cm³/mol. The molecule has 0 radical (unpaired) electrons. The summed E-state index contributed by atoms with van der Waals surface area (Å²) >= 11 is 0. The number of fused-ring (bicyclic) bond motifs is 1. The van der Waals surface area contributed by atoms with Crippen LogP contribution in [0, 0.1) is 11.8 Å². The molecule has 2 aliphatic rings. The van der Waals surface area contributed by atoms with Gasteiger partial charge in [0, 0.05) is 24.6 Å². The maximum absolute atomic E-state index is 11.7. The van der Waals surface area contributed by atoms with Gasteiger partial charge < -0.3 is 19.6 Å². The Labute approximate surface area is 127 Å². The van der Waals surface area contributed by atoms with Gasteiger partial charge in [-0.05, 0) is 12.3 Å². The van der Waals surface area contributed by atoms with Crippen molar-refractivity contribution in [2.24, 2.45) is 11.8 Å². The number of hydrogen-bond acceptors (Lipinski definition) is 5. The minimum absolute atomic E-state index is 0.0991. The van der Waals surface area contributed by atoms with Gasteiger partial charge in [-0.3, -0.25) is 0 Å². The average Bonchev–Trinajstić information content (AvgIpc) is 3.09. The molecule has 22 heavy (non-hydrogen) atoms. The van der Waals surface area contributed by atoms with Gasteiger partial charge in [-0.1, -0.05) is 35.5 Å². The van der Waals surface area contributed by atoms with E-state index in [2.05, 4.69) is 5.16 Å². The first-order chi connectivity index (χ1) is 10.6. The maximum atomic E-state index is 11.7. The third kappa shape index (κ3) is 1.91. The lowest BCUT2D eigenvalue weighted by Gasteiger charge is -2.34. The highest BCUT2D eigenvalue weighted by Crippen LogP contribution is 2.43. The van der Waals surface area contributed by atoms with Crippen molar-refractivity contribution in [3.05, 3.63) is 35.9 Å². The molecule has 2 heterocycles. The number of aliphatic hydroxyl groups is 1. The van der Waals surface area contributed by atoms with Gasteiger partial charge in [0.2, 0.25) is 0 Å². The van der Waals surface area contributed by atoms with Crippen molar-refractivity contribution in [2.45, 2.75) is 12.5 Å². The molecular weight excluding hydrogens is 284 g/mol. The van der Waals surface area contributed by atoms with Crippen LogP contribution in [0.4, 0.5) is 5.82 Å². The summed E-state index contributed by atoms with van der Waals surface area (Å²) in [6, 6.07) is 9.12. The number of aromatic nitrogens is 1. The van der Waals surface area contributed by atoms with E-state index in [1.165, 1.54) is 0 Å². The number of carbonyl (C=O) groups is 1.